The molecule has 1 aliphatic rings. The van der Waals surface area contributed by atoms with E-state index in [2.05, 4.69) is 4.90 Å². The quantitative estimate of drug-likeness (QED) is 0.804. The molecular weight excluding hydrogens is 294 g/mol. The minimum Gasteiger partial charge on any atom is -0.460 e. The Labute approximate surface area is 127 Å². The first-order valence-corrected chi connectivity index (χ1v) is 8.01. The van der Waals surface area contributed by atoms with E-state index < -0.39 is 0 Å². The topological polar surface area (TPSA) is 29.5 Å². The standard InChI is InChI=1S/C15H16ClNO2S/c16-13-11-5-1-2-6-12(11)20-14(13)15(18)19-10-9-17-7-3-4-8-17/h1-2,5-6H,3-4,7-10H2. The first-order valence-electron chi connectivity index (χ1n) is 6.82. The van der Waals surface area contributed by atoms with Crippen LogP contribution in [0.3, 0.4) is 0 Å². The molecule has 0 aliphatic carbocycles. The van der Waals surface area contributed by atoms with Gasteiger partial charge in [0.05, 0.1) is 5.02 Å². The van der Waals surface area contributed by atoms with Gasteiger partial charge in [0, 0.05) is 16.6 Å². The van der Waals surface area contributed by atoms with E-state index in [4.69, 9.17) is 16.3 Å². The van der Waals surface area contributed by atoms with Crippen LogP contribution in [0.4, 0.5) is 0 Å². The number of ether oxygens (including phenoxy) is 1. The molecule has 1 aromatic heterocycles. The molecule has 0 unspecified atom stereocenters. The van der Waals surface area contributed by atoms with Gasteiger partial charge in [0.15, 0.2) is 0 Å². The summed E-state index contributed by atoms with van der Waals surface area (Å²) < 4.78 is 6.36. The van der Waals surface area contributed by atoms with Crippen LogP contribution >= 0.6 is 22.9 Å². The summed E-state index contributed by atoms with van der Waals surface area (Å²) in [5, 5.41) is 1.43. The lowest BCUT2D eigenvalue weighted by atomic mass is 10.2. The van der Waals surface area contributed by atoms with E-state index in [1.165, 1.54) is 24.2 Å². The molecule has 1 fully saturated rings. The number of carbonyl (C=O) groups is 1. The summed E-state index contributed by atoms with van der Waals surface area (Å²) >= 11 is 7.65. The Morgan fingerprint density at radius 3 is 2.80 bits per heavy atom. The maximum atomic E-state index is 12.1. The molecule has 0 amide bonds. The molecule has 106 valence electrons. The van der Waals surface area contributed by atoms with Crippen molar-refractivity contribution in [3.8, 4) is 0 Å². The number of fused-ring (bicyclic) bond motifs is 1. The van der Waals surface area contributed by atoms with E-state index >= 15 is 0 Å². The zero-order valence-electron chi connectivity index (χ0n) is 11.1. The number of likely N-dealkylation sites (tertiary alicyclic amines) is 1. The SMILES string of the molecule is O=C(OCCN1CCCC1)c1sc2ccccc2c1Cl. The third kappa shape index (κ3) is 2.82. The van der Waals surface area contributed by atoms with Gasteiger partial charge in [-0.25, -0.2) is 4.79 Å². The average Bonchev–Trinajstić information content (AvgIpc) is 3.08. The molecule has 3 nitrogen and oxygen atoms in total. The van der Waals surface area contributed by atoms with Crippen molar-refractivity contribution in [2.45, 2.75) is 12.8 Å². The number of halogens is 1. The number of benzene rings is 1. The van der Waals surface area contributed by atoms with E-state index in [0.29, 0.717) is 16.5 Å². The first-order chi connectivity index (χ1) is 9.75. The van der Waals surface area contributed by atoms with Gasteiger partial charge >= 0.3 is 5.97 Å². The Kier molecular flexibility index (Phi) is 4.24. The normalized spacial score (nSPS) is 15.8. The summed E-state index contributed by atoms with van der Waals surface area (Å²) in [4.78, 5) is 14.9. The molecule has 2 aromatic rings. The maximum absolute atomic E-state index is 12.1. The summed E-state index contributed by atoms with van der Waals surface area (Å²) in [6.07, 6.45) is 2.49. The second-order valence-electron chi connectivity index (χ2n) is 4.93. The van der Waals surface area contributed by atoms with Gasteiger partial charge in [0.1, 0.15) is 11.5 Å². The van der Waals surface area contributed by atoms with Crippen LogP contribution in [0.5, 0.6) is 0 Å². The van der Waals surface area contributed by atoms with Crippen molar-refractivity contribution in [3.05, 3.63) is 34.2 Å². The van der Waals surface area contributed by atoms with Gasteiger partial charge in [-0.1, -0.05) is 29.8 Å². The van der Waals surface area contributed by atoms with E-state index in [-0.39, 0.29) is 5.97 Å². The zero-order valence-corrected chi connectivity index (χ0v) is 12.7. The van der Waals surface area contributed by atoms with Crippen LogP contribution in [-0.4, -0.2) is 37.1 Å². The van der Waals surface area contributed by atoms with Gasteiger partial charge in [-0.15, -0.1) is 11.3 Å². The second-order valence-corrected chi connectivity index (χ2v) is 6.36. The van der Waals surface area contributed by atoms with Crippen LogP contribution in [0, 0.1) is 0 Å². The maximum Gasteiger partial charge on any atom is 0.349 e. The zero-order chi connectivity index (χ0) is 13.9. The number of carbonyl (C=O) groups excluding carboxylic acids is 1. The predicted octanol–water partition coefficient (Wildman–Crippen LogP) is 3.81. The second kappa shape index (κ2) is 6.12. The number of hydrogen-bond acceptors (Lipinski definition) is 4. The van der Waals surface area contributed by atoms with Crippen LogP contribution in [0.1, 0.15) is 22.5 Å². The molecule has 0 atom stereocenters. The highest BCUT2D eigenvalue weighted by Crippen LogP contribution is 2.35. The molecule has 0 radical (unpaired) electrons. The molecule has 1 saturated heterocycles. The number of esters is 1. The van der Waals surface area contributed by atoms with Crippen LogP contribution < -0.4 is 0 Å². The monoisotopic (exact) mass is 309 g/mol. The minimum absolute atomic E-state index is 0.310. The Morgan fingerprint density at radius 2 is 2.05 bits per heavy atom. The molecule has 2 heterocycles. The molecular formula is C15H16ClNO2S. The lowest BCUT2D eigenvalue weighted by molar-refractivity contribution is 0.0478. The molecule has 0 saturated carbocycles. The highest BCUT2D eigenvalue weighted by Gasteiger charge is 2.19. The summed E-state index contributed by atoms with van der Waals surface area (Å²) in [6.45, 7) is 3.47. The number of rotatable bonds is 4. The largest absolute Gasteiger partial charge is 0.460 e. The average molecular weight is 310 g/mol. The van der Waals surface area contributed by atoms with E-state index in [1.54, 1.807) is 0 Å². The first kappa shape index (κ1) is 13.9. The molecule has 1 aliphatic heterocycles. The number of hydrogen-bond donors (Lipinski definition) is 0. The Morgan fingerprint density at radius 1 is 1.30 bits per heavy atom. The Hall–Kier alpha value is -1.10. The molecule has 20 heavy (non-hydrogen) atoms. The van der Waals surface area contributed by atoms with Crippen molar-refractivity contribution in [2.24, 2.45) is 0 Å². The fourth-order valence-electron chi connectivity index (χ4n) is 2.48. The van der Waals surface area contributed by atoms with Crippen molar-refractivity contribution in [3.63, 3.8) is 0 Å². The van der Waals surface area contributed by atoms with Gasteiger partial charge in [-0.05, 0) is 32.0 Å². The van der Waals surface area contributed by atoms with Gasteiger partial charge in [0.2, 0.25) is 0 Å². The predicted molar refractivity (Wildman–Crippen MR) is 82.8 cm³/mol. The third-order valence-corrected chi connectivity index (χ3v) is 5.22. The van der Waals surface area contributed by atoms with Crippen LogP contribution in [0.2, 0.25) is 5.02 Å². The Bertz CT molecular complexity index is 619. The molecule has 0 spiro atoms. The highest BCUT2D eigenvalue weighted by molar-refractivity contribution is 7.21. The summed E-state index contributed by atoms with van der Waals surface area (Å²) in [7, 11) is 0. The molecule has 0 N–H and O–H groups in total. The van der Waals surface area contributed by atoms with Crippen LogP contribution in [-0.2, 0) is 4.74 Å². The lowest BCUT2D eigenvalue weighted by Gasteiger charge is -2.13. The van der Waals surface area contributed by atoms with E-state index in [9.17, 15) is 4.79 Å². The Balaban J connectivity index is 1.64. The highest BCUT2D eigenvalue weighted by atomic mass is 35.5. The molecule has 1 aromatic carbocycles. The van der Waals surface area contributed by atoms with Gasteiger partial charge in [-0.3, -0.25) is 4.90 Å². The van der Waals surface area contributed by atoms with Gasteiger partial charge < -0.3 is 4.74 Å². The van der Waals surface area contributed by atoms with Crippen molar-refractivity contribution in [2.75, 3.05) is 26.2 Å². The van der Waals surface area contributed by atoms with Crippen molar-refractivity contribution in [1.29, 1.82) is 0 Å². The van der Waals surface area contributed by atoms with E-state index in [0.717, 1.165) is 29.7 Å². The minimum atomic E-state index is -0.310. The lowest BCUT2D eigenvalue weighted by Crippen LogP contribution is -2.25. The van der Waals surface area contributed by atoms with Crippen LogP contribution in [0.25, 0.3) is 10.1 Å². The number of nitrogens with zero attached hydrogens (tertiary/aromatic N) is 1. The summed E-state index contributed by atoms with van der Waals surface area (Å²) in [5.41, 5.74) is 0. The van der Waals surface area contributed by atoms with Crippen molar-refractivity contribution < 1.29 is 9.53 Å². The summed E-state index contributed by atoms with van der Waals surface area (Å²) in [6, 6.07) is 7.75. The molecule has 0 bridgehead atoms. The van der Waals surface area contributed by atoms with Crippen LogP contribution in [0.15, 0.2) is 24.3 Å². The molecule has 3 rings (SSSR count). The summed E-state index contributed by atoms with van der Waals surface area (Å²) in [5.74, 6) is -0.310. The van der Waals surface area contributed by atoms with Gasteiger partial charge in [0.25, 0.3) is 0 Å². The van der Waals surface area contributed by atoms with E-state index in [1.807, 2.05) is 24.3 Å². The van der Waals surface area contributed by atoms with Crippen molar-refractivity contribution >= 4 is 39.0 Å². The fourth-order valence-corrected chi connectivity index (χ4v) is 3.89. The van der Waals surface area contributed by atoms with Gasteiger partial charge in [-0.2, -0.15) is 0 Å². The fraction of sp³-hybridized carbons (Fsp3) is 0.400. The van der Waals surface area contributed by atoms with Crippen molar-refractivity contribution in [1.82, 2.24) is 4.90 Å². The molecule has 5 heteroatoms. The third-order valence-electron chi connectivity index (χ3n) is 3.56. The smallest absolute Gasteiger partial charge is 0.349 e. The number of thiophene rings is 1.